The molecule has 0 saturated carbocycles. The Balaban J connectivity index is 2.14. The Labute approximate surface area is 119 Å². The van der Waals surface area contributed by atoms with Gasteiger partial charge in [0.25, 0.3) is 5.91 Å². The van der Waals surface area contributed by atoms with E-state index < -0.39 is 0 Å². The van der Waals surface area contributed by atoms with E-state index in [1.165, 1.54) is 0 Å². The van der Waals surface area contributed by atoms with E-state index in [9.17, 15) is 4.79 Å². The maximum atomic E-state index is 12.5. The van der Waals surface area contributed by atoms with Crippen LogP contribution in [-0.4, -0.2) is 30.0 Å². The molecule has 1 fully saturated rings. The first-order valence-electron chi connectivity index (χ1n) is 6.02. The number of hydrogen-bond acceptors (Lipinski definition) is 2. The SMILES string of the molecule is Cc1c(Br)cc2c(c1Cl)OC[C@H]1CCCN1C2=O. The minimum atomic E-state index is 0.0348. The van der Waals surface area contributed by atoms with Gasteiger partial charge in [-0.3, -0.25) is 4.79 Å². The number of benzene rings is 1. The summed E-state index contributed by atoms with van der Waals surface area (Å²) in [4.78, 5) is 14.4. The van der Waals surface area contributed by atoms with Crippen molar-refractivity contribution in [3.8, 4) is 5.75 Å². The molecule has 0 bridgehead atoms. The van der Waals surface area contributed by atoms with E-state index >= 15 is 0 Å². The van der Waals surface area contributed by atoms with Crippen molar-refractivity contribution in [2.24, 2.45) is 0 Å². The number of fused-ring (bicyclic) bond motifs is 2. The van der Waals surface area contributed by atoms with Gasteiger partial charge in [-0.25, -0.2) is 0 Å². The summed E-state index contributed by atoms with van der Waals surface area (Å²) in [5.74, 6) is 0.573. The lowest BCUT2D eigenvalue weighted by Crippen LogP contribution is -2.36. The van der Waals surface area contributed by atoms with Gasteiger partial charge in [0.05, 0.1) is 16.6 Å². The van der Waals surface area contributed by atoms with E-state index in [0.29, 0.717) is 22.9 Å². The van der Waals surface area contributed by atoms with Crippen molar-refractivity contribution in [2.75, 3.05) is 13.2 Å². The smallest absolute Gasteiger partial charge is 0.258 e. The largest absolute Gasteiger partial charge is 0.489 e. The van der Waals surface area contributed by atoms with Gasteiger partial charge in [-0.1, -0.05) is 27.5 Å². The number of ether oxygens (including phenoxy) is 1. The lowest BCUT2D eigenvalue weighted by Gasteiger charge is -2.20. The molecule has 1 aromatic carbocycles. The van der Waals surface area contributed by atoms with Crippen molar-refractivity contribution in [1.29, 1.82) is 0 Å². The van der Waals surface area contributed by atoms with Crippen LogP contribution in [0.1, 0.15) is 28.8 Å². The normalized spacial score (nSPS) is 22.3. The fourth-order valence-corrected chi connectivity index (χ4v) is 3.40. The zero-order chi connectivity index (χ0) is 12.9. The molecule has 2 heterocycles. The number of nitrogens with zero attached hydrogens (tertiary/aromatic N) is 1. The molecule has 3 nitrogen and oxygen atoms in total. The average molecular weight is 331 g/mol. The fourth-order valence-electron chi connectivity index (χ4n) is 2.60. The minimum Gasteiger partial charge on any atom is -0.489 e. The summed E-state index contributed by atoms with van der Waals surface area (Å²) >= 11 is 9.73. The fraction of sp³-hybridized carbons (Fsp3) is 0.462. The Bertz CT molecular complexity index is 532. The van der Waals surface area contributed by atoms with Crippen molar-refractivity contribution >= 4 is 33.4 Å². The quantitative estimate of drug-likeness (QED) is 0.729. The number of rotatable bonds is 0. The van der Waals surface area contributed by atoms with Crippen molar-refractivity contribution < 1.29 is 9.53 Å². The Hall–Kier alpha value is -0.740. The molecule has 0 aliphatic carbocycles. The van der Waals surface area contributed by atoms with E-state index in [2.05, 4.69) is 15.9 Å². The first-order valence-corrected chi connectivity index (χ1v) is 7.19. The Morgan fingerprint density at radius 2 is 2.33 bits per heavy atom. The van der Waals surface area contributed by atoms with Gasteiger partial charge in [0.1, 0.15) is 6.61 Å². The number of hydrogen-bond donors (Lipinski definition) is 0. The molecule has 2 aliphatic rings. The Morgan fingerprint density at radius 1 is 1.56 bits per heavy atom. The van der Waals surface area contributed by atoms with Gasteiger partial charge in [0.15, 0.2) is 5.75 Å². The zero-order valence-electron chi connectivity index (χ0n) is 10.0. The highest BCUT2D eigenvalue weighted by molar-refractivity contribution is 9.10. The average Bonchev–Trinajstić information content (AvgIpc) is 2.77. The first-order chi connectivity index (χ1) is 8.59. The lowest BCUT2D eigenvalue weighted by atomic mass is 10.1. The third-order valence-electron chi connectivity index (χ3n) is 3.69. The van der Waals surface area contributed by atoms with E-state index in [0.717, 1.165) is 29.4 Å². The Morgan fingerprint density at radius 3 is 3.11 bits per heavy atom. The second-order valence-electron chi connectivity index (χ2n) is 4.78. The number of carbonyl (C=O) groups is 1. The van der Waals surface area contributed by atoms with Gasteiger partial charge in [-0.15, -0.1) is 0 Å². The molecule has 2 aliphatic heterocycles. The predicted molar refractivity (Wildman–Crippen MR) is 73.4 cm³/mol. The highest BCUT2D eigenvalue weighted by atomic mass is 79.9. The number of carbonyl (C=O) groups excluding carboxylic acids is 1. The summed E-state index contributed by atoms with van der Waals surface area (Å²) in [5.41, 5.74) is 1.48. The molecule has 0 spiro atoms. The van der Waals surface area contributed by atoms with Crippen LogP contribution in [-0.2, 0) is 0 Å². The van der Waals surface area contributed by atoms with Gasteiger partial charge >= 0.3 is 0 Å². The standard InChI is InChI=1S/C13H13BrClNO2/c1-7-10(14)5-9-12(11(7)15)18-6-8-3-2-4-16(8)13(9)17/h5,8H,2-4,6H2,1H3/t8-/m1/s1. The third kappa shape index (κ3) is 1.74. The molecule has 0 unspecified atom stereocenters. The van der Waals surface area contributed by atoms with Gasteiger partial charge in [-0.05, 0) is 31.4 Å². The van der Waals surface area contributed by atoms with Crippen LogP contribution in [0.15, 0.2) is 10.5 Å². The molecule has 0 N–H and O–H groups in total. The second kappa shape index (κ2) is 4.42. The topological polar surface area (TPSA) is 29.5 Å². The van der Waals surface area contributed by atoms with Gasteiger partial charge < -0.3 is 9.64 Å². The van der Waals surface area contributed by atoms with Crippen LogP contribution in [0.5, 0.6) is 5.75 Å². The highest BCUT2D eigenvalue weighted by Gasteiger charge is 2.35. The molecule has 1 atom stereocenters. The molecule has 3 rings (SSSR count). The molecular weight excluding hydrogens is 318 g/mol. The van der Waals surface area contributed by atoms with Gasteiger partial charge in [0.2, 0.25) is 0 Å². The third-order valence-corrected chi connectivity index (χ3v) is 4.97. The van der Waals surface area contributed by atoms with Crippen LogP contribution >= 0.6 is 27.5 Å². The van der Waals surface area contributed by atoms with Crippen LogP contribution in [0.25, 0.3) is 0 Å². The molecule has 0 aromatic heterocycles. The summed E-state index contributed by atoms with van der Waals surface area (Å²) in [5, 5.41) is 0.536. The zero-order valence-corrected chi connectivity index (χ0v) is 12.3. The van der Waals surface area contributed by atoms with E-state index in [-0.39, 0.29) is 11.9 Å². The summed E-state index contributed by atoms with van der Waals surface area (Å²) in [6.45, 7) is 3.27. The summed E-state index contributed by atoms with van der Waals surface area (Å²) in [7, 11) is 0. The Kier molecular flexibility index (Phi) is 3.02. The molecule has 18 heavy (non-hydrogen) atoms. The van der Waals surface area contributed by atoms with Gasteiger partial charge in [0, 0.05) is 11.0 Å². The van der Waals surface area contributed by atoms with Crippen LogP contribution in [0.2, 0.25) is 5.02 Å². The lowest BCUT2D eigenvalue weighted by molar-refractivity contribution is 0.0726. The van der Waals surface area contributed by atoms with Crippen LogP contribution in [0.3, 0.4) is 0 Å². The van der Waals surface area contributed by atoms with Gasteiger partial charge in [-0.2, -0.15) is 0 Å². The molecule has 1 amide bonds. The number of amides is 1. The second-order valence-corrected chi connectivity index (χ2v) is 6.01. The monoisotopic (exact) mass is 329 g/mol. The van der Waals surface area contributed by atoms with E-state index in [1.807, 2.05) is 17.9 Å². The van der Waals surface area contributed by atoms with E-state index in [4.69, 9.17) is 16.3 Å². The van der Waals surface area contributed by atoms with Crippen molar-refractivity contribution in [1.82, 2.24) is 4.90 Å². The highest BCUT2D eigenvalue weighted by Crippen LogP contribution is 2.40. The summed E-state index contributed by atoms with van der Waals surface area (Å²) in [6, 6.07) is 2.01. The maximum absolute atomic E-state index is 12.5. The molecule has 1 aromatic rings. The summed E-state index contributed by atoms with van der Waals surface area (Å²) in [6.07, 6.45) is 2.06. The van der Waals surface area contributed by atoms with E-state index in [1.54, 1.807) is 0 Å². The maximum Gasteiger partial charge on any atom is 0.258 e. The number of halogens is 2. The van der Waals surface area contributed by atoms with Crippen LogP contribution < -0.4 is 4.74 Å². The van der Waals surface area contributed by atoms with Crippen molar-refractivity contribution in [2.45, 2.75) is 25.8 Å². The van der Waals surface area contributed by atoms with Crippen molar-refractivity contribution in [3.63, 3.8) is 0 Å². The molecule has 5 heteroatoms. The minimum absolute atomic E-state index is 0.0348. The molecule has 96 valence electrons. The molecule has 1 saturated heterocycles. The van der Waals surface area contributed by atoms with Crippen LogP contribution in [0, 0.1) is 6.92 Å². The molecular formula is C13H13BrClNO2. The summed E-state index contributed by atoms with van der Waals surface area (Å²) < 4.78 is 6.63. The van der Waals surface area contributed by atoms with Crippen LogP contribution in [0.4, 0.5) is 0 Å². The molecule has 0 radical (unpaired) electrons. The predicted octanol–water partition coefficient (Wildman–Crippen LogP) is 3.41. The first kappa shape index (κ1) is 12.3. The van der Waals surface area contributed by atoms with Crippen molar-refractivity contribution in [3.05, 3.63) is 26.7 Å².